The molecule has 0 saturated carbocycles. The van der Waals surface area contributed by atoms with Crippen molar-refractivity contribution < 1.29 is 44.2 Å². The molecule has 9 nitrogen and oxygen atoms in total. The fraction of sp³-hybridized carbons (Fsp3) is 0.981. The molecule has 4 N–H and O–H groups in total. The van der Waals surface area contributed by atoms with Crippen molar-refractivity contribution in [2.24, 2.45) is 0 Å². The highest BCUT2D eigenvalue weighted by molar-refractivity contribution is 5.69. The van der Waals surface area contributed by atoms with Gasteiger partial charge in [-0.3, -0.25) is 4.79 Å². The van der Waals surface area contributed by atoms with Crippen LogP contribution in [0.25, 0.3) is 0 Å². The minimum atomic E-state index is -1.53. The first-order chi connectivity index (χ1) is 29.9. The van der Waals surface area contributed by atoms with Gasteiger partial charge in [-0.15, -0.1) is 0 Å². The zero-order valence-corrected chi connectivity index (χ0v) is 40.2. The van der Waals surface area contributed by atoms with Gasteiger partial charge in [-0.1, -0.05) is 245 Å². The molecule has 1 fully saturated rings. The number of ether oxygens (including phenoxy) is 4. The molecule has 6 unspecified atom stereocenters. The van der Waals surface area contributed by atoms with Crippen LogP contribution in [-0.2, 0) is 23.7 Å². The van der Waals surface area contributed by atoms with Crippen molar-refractivity contribution in [2.45, 2.75) is 301 Å². The minimum Gasteiger partial charge on any atom is -0.457 e. The van der Waals surface area contributed by atoms with Gasteiger partial charge in [-0.2, -0.15) is 0 Å². The normalized spacial score (nSPS) is 19.7. The Hall–Kier alpha value is -0.810. The quantitative estimate of drug-likeness (QED) is 0.0348. The summed E-state index contributed by atoms with van der Waals surface area (Å²) in [5.74, 6) is -0.305. The summed E-state index contributed by atoms with van der Waals surface area (Å²) in [4.78, 5) is 12.8. The first kappa shape index (κ1) is 58.2. The molecule has 0 bridgehead atoms. The fourth-order valence-electron chi connectivity index (χ4n) is 8.61. The summed E-state index contributed by atoms with van der Waals surface area (Å²) in [5, 5.41) is 40.2. The van der Waals surface area contributed by atoms with Crippen LogP contribution < -0.4 is 0 Å². The second-order valence-electron chi connectivity index (χ2n) is 18.7. The highest BCUT2D eigenvalue weighted by Crippen LogP contribution is 2.23. The van der Waals surface area contributed by atoms with Crippen LogP contribution in [-0.4, -0.2) is 89.6 Å². The Balaban J connectivity index is 2.15. The molecular weight excluding hydrogens is 769 g/mol. The van der Waals surface area contributed by atoms with E-state index in [2.05, 4.69) is 13.8 Å². The van der Waals surface area contributed by atoms with Crippen LogP contribution in [0.3, 0.4) is 0 Å². The molecule has 1 heterocycles. The molecule has 0 amide bonds. The van der Waals surface area contributed by atoms with Gasteiger partial charge in [0.05, 0.1) is 19.8 Å². The van der Waals surface area contributed by atoms with Crippen molar-refractivity contribution >= 4 is 5.97 Å². The molecule has 0 radical (unpaired) electrons. The number of hydrogen-bond donors (Lipinski definition) is 4. The molecule has 0 aliphatic carbocycles. The first-order valence-electron chi connectivity index (χ1n) is 26.6. The molecular formula is C52H102O9. The lowest BCUT2D eigenvalue weighted by Crippen LogP contribution is -2.59. The molecule has 61 heavy (non-hydrogen) atoms. The number of rotatable bonds is 47. The van der Waals surface area contributed by atoms with Crippen LogP contribution in [0.4, 0.5) is 0 Å². The van der Waals surface area contributed by atoms with Crippen LogP contribution in [0.1, 0.15) is 264 Å². The van der Waals surface area contributed by atoms with E-state index in [1.165, 1.54) is 212 Å². The maximum absolute atomic E-state index is 12.8. The van der Waals surface area contributed by atoms with Gasteiger partial charge in [0, 0.05) is 13.0 Å². The van der Waals surface area contributed by atoms with E-state index < -0.39 is 43.4 Å². The minimum absolute atomic E-state index is 0.104. The predicted molar refractivity (Wildman–Crippen MR) is 252 cm³/mol. The van der Waals surface area contributed by atoms with Crippen molar-refractivity contribution in [1.82, 2.24) is 0 Å². The van der Waals surface area contributed by atoms with E-state index in [9.17, 15) is 25.2 Å². The van der Waals surface area contributed by atoms with E-state index in [1.54, 1.807) is 0 Å². The molecule has 1 saturated heterocycles. The van der Waals surface area contributed by atoms with E-state index in [4.69, 9.17) is 18.9 Å². The number of unbranched alkanes of at least 4 members (excludes halogenated alkanes) is 36. The summed E-state index contributed by atoms with van der Waals surface area (Å²) >= 11 is 0. The standard InChI is InChI=1S/C52H102O9/c1-3-5-7-9-11-13-15-17-19-21-22-23-24-25-26-28-30-32-34-36-38-40-42-58-44-46(45-59-52-51(57)50(56)49(55)47(43-53)61-52)60-48(54)41-39-37-35-33-31-29-27-20-18-16-14-12-10-8-6-4-2/h46-47,49-53,55-57H,3-45H2,1-2H3. The molecule has 1 aliphatic rings. The van der Waals surface area contributed by atoms with Crippen LogP contribution in [0.2, 0.25) is 0 Å². The first-order valence-corrected chi connectivity index (χ1v) is 26.6. The highest BCUT2D eigenvalue weighted by Gasteiger charge is 2.44. The van der Waals surface area contributed by atoms with E-state index in [1.807, 2.05) is 0 Å². The van der Waals surface area contributed by atoms with Crippen molar-refractivity contribution in [3.63, 3.8) is 0 Å². The number of hydrogen-bond acceptors (Lipinski definition) is 9. The third kappa shape index (κ3) is 35.2. The topological polar surface area (TPSA) is 135 Å². The molecule has 1 rings (SSSR count). The van der Waals surface area contributed by atoms with Gasteiger partial charge in [-0.25, -0.2) is 0 Å². The lowest BCUT2D eigenvalue weighted by molar-refractivity contribution is -0.305. The molecule has 0 aromatic carbocycles. The maximum atomic E-state index is 12.8. The van der Waals surface area contributed by atoms with Gasteiger partial charge in [0.2, 0.25) is 0 Å². The Bertz CT molecular complexity index is 904. The van der Waals surface area contributed by atoms with Crippen LogP contribution >= 0.6 is 0 Å². The number of aliphatic hydroxyl groups excluding tert-OH is 4. The smallest absolute Gasteiger partial charge is 0.306 e. The zero-order chi connectivity index (χ0) is 44.3. The Labute approximate surface area is 376 Å². The highest BCUT2D eigenvalue weighted by atomic mass is 16.7. The average molecular weight is 871 g/mol. The monoisotopic (exact) mass is 871 g/mol. The number of carbonyl (C=O) groups is 1. The van der Waals surface area contributed by atoms with Gasteiger partial charge in [0.1, 0.15) is 30.5 Å². The van der Waals surface area contributed by atoms with Crippen LogP contribution in [0.5, 0.6) is 0 Å². The van der Waals surface area contributed by atoms with Gasteiger partial charge >= 0.3 is 5.97 Å². The van der Waals surface area contributed by atoms with Gasteiger partial charge in [-0.05, 0) is 12.8 Å². The van der Waals surface area contributed by atoms with E-state index in [0.717, 1.165) is 32.1 Å². The Kier molecular flexibility index (Phi) is 42.4. The Morgan fingerprint density at radius 2 is 0.803 bits per heavy atom. The summed E-state index contributed by atoms with van der Waals surface area (Å²) in [6.45, 7) is 4.63. The van der Waals surface area contributed by atoms with Crippen molar-refractivity contribution in [3.05, 3.63) is 0 Å². The lowest BCUT2D eigenvalue weighted by Gasteiger charge is -2.39. The Morgan fingerprint density at radius 1 is 0.459 bits per heavy atom. The molecule has 1 aliphatic heterocycles. The second-order valence-corrected chi connectivity index (χ2v) is 18.7. The molecule has 0 spiro atoms. The molecule has 0 aromatic rings. The van der Waals surface area contributed by atoms with Gasteiger partial charge < -0.3 is 39.4 Å². The third-order valence-corrected chi connectivity index (χ3v) is 12.8. The fourth-order valence-corrected chi connectivity index (χ4v) is 8.61. The predicted octanol–water partition coefficient (Wildman–Crippen LogP) is 13.0. The lowest BCUT2D eigenvalue weighted by atomic mass is 9.99. The van der Waals surface area contributed by atoms with Crippen LogP contribution in [0.15, 0.2) is 0 Å². The summed E-state index contributed by atoms with van der Waals surface area (Å²) in [6.07, 6.45) is 42.8. The van der Waals surface area contributed by atoms with Gasteiger partial charge in [0.15, 0.2) is 6.29 Å². The van der Waals surface area contributed by atoms with Crippen LogP contribution in [0, 0.1) is 0 Å². The number of aliphatic hydroxyl groups is 4. The van der Waals surface area contributed by atoms with E-state index in [-0.39, 0.29) is 19.2 Å². The summed E-state index contributed by atoms with van der Waals surface area (Å²) in [7, 11) is 0. The third-order valence-electron chi connectivity index (χ3n) is 12.8. The second kappa shape index (κ2) is 44.4. The number of carbonyl (C=O) groups excluding carboxylic acids is 1. The molecule has 9 heteroatoms. The Morgan fingerprint density at radius 3 is 1.16 bits per heavy atom. The summed E-state index contributed by atoms with van der Waals surface area (Å²) in [6, 6.07) is 0. The van der Waals surface area contributed by atoms with Crippen molar-refractivity contribution in [3.8, 4) is 0 Å². The SMILES string of the molecule is CCCCCCCCCCCCCCCCCCCCCCCCOCC(COC1OC(CO)C(O)C(O)C1O)OC(=O)CCCCCCCCCCCCCCCCCC. The van der Waals surface area contributed by atoms with E-state index in [0.29, 0.717) is 13.0 Å². The van der Waals surface area contributed by atoms with Gasteiger partial charge in [0.25, 0.3) is 0 Å². The van der Waals surface area contributed by atoms with Crippen molar-refractivity contribution in [1.29, 1.82) is 0 Å². The maximum Gasteiger partial charge on any atom is 0.306 e. The summed E-state index contributed by atoms with van der Waals surface area (Å²) in [5.41, 5.74) is 0. The summed E-state index contributed by atoms with van der Waals surface area (Å²) < 4.78 is 22.9. The number of esters is 1. The largest absolute Gasteiger partial charge is 0.457 e. The van der Waals surface area contributed by atoms with Crippen molar-refractivity contribution in [2.75, 3.05) is 26.4 Å². The van der Waals surface area contributed by atoms with E-state index >= 15 is 0 Å². The molecule has 0 aromatic heterocycles. The molecule has 364 valence electrons. The average Bonchev–Trinajstić information content (AvgIpc) is 3.26. The zero-order valence-electron chi connectivity index (χ0n) is 40.2. The molecule has 6 atom stereocenters.